The Kier molecular flexibility index (Phi) is 10.7. The van der Waals surface area contributed by atoms with Crippen molar-refractivity contribution < 1.29 is 4.79 Å². The summed E-state index contributed by atoms with van der Waals surface area (Å²) in [6.45, 7) is 24.0. The third-order valence-electron chi connectivity index (χ3n) is 6.90. The van der Waals surface area contributed by atoms with E-state index in [4.69, 9.17) is 0 Å². The lowest BCUT2D eigenvalue weighted by atomic mass is 9.81. The van der Waals surface area contributed by atoms with Crippen LogP contribution in [-0.2, 0) is 4.79 Å². The van der Waals surface area contributed by atoms with E-state index < -0.39 is 5.41 Å². The number of hydrogen-bond acceptors (Lipinski definition) is 4. The molecule has 0 aliphatic carbocycles. The number of rotatable bonds is 10. The second kappa shape index (κ2) is 13.0. The average molecular weight is 458 g/mol. The summed E-state index contributed by atoms with van der Waals surface area (Å²) in [6, 6.07) is 0. The van der Waals surface area contributed by atoms with Gasteiger partial charge in [-0.25, -0.2) is 0 Å². The molecule has 6 nitrogen and oxygen atoms in total. The van der Waals surface area contributed by atoms with Gasteiger partial charge in [0.25, 0.3) is 0 Å². The molecule has 0 aromatic rings. The van der Waals surface area contributed by atoms with Gasteiger partial charge >= 0.3 is 0 Å². The zero-order chi connectivity index (χ0) is 24.4. The van der Waals surface area contributed by atoms with E-state index in [1.807, 2.05) is 39.5 Å². The zero-order valence-corrected chi connectivity index (χ0v) is 22.0. The molecule has 0 saturated carbocycles. The Bertz CT molecular complexity index is 754. The number of nitrogens with zero attached hydrogens (tertiary/aromatic N) is 4. The largest absolute Gasteiger partial charge is 0.362 e. The molecule has 2 heterocycles. The first kappa shape index (κ1) is 27.2. The van der Waals surface area contributed by atoms with Crippen molar-refractivity contribution in [2.45, 2.75) is 67.2 Å². The summed E-state index contributed by atoms with van der Waals surface area (Å²) in [5, 5.41) is 3.40. The lowest BCUT2D eigenvalue weighted by Gasteiger charge is -2.37. The normalized spacial score (nSPS) is 21.0. The van der Waals surface area contributed by atoms with Crippen LogP contribution in [0, 0.1) is 5.41 Å². The Hall–Kier alpha value is -2.08. The molecule has 6 heteroatoms. The van der Waals surface area contributed by atoms with Gasteiger partial charge in [0.05, 0.1) is 23.4 Å². The lowest BCUT2D eigenvalue weighted by molar-refractivity contribution is -0.137. The van der Waals surface area contributed by atoms with Gasteiger partial charge in [0, 0.05) is 26.2 Å². The number of allylic oxidation sites excluding steroid dienone is 2. The molecule has 2 saturated heterocycles. The van der Waals surface area contributed by atoms with E-state index in [0.717, 1.165) is 68.5 Å². The average Bonchev–Trinajstić information content (AvgIpc) is 2.80. The van der Waals surface area contributed by atoms with Crippen LogP contribution in [0.1, 0.15) is 67.2 Å². The summed E-state index contributed by atoms with van der Waals surface area (Å²) < 4.78 is 0. The van der Waals surface area contributed by atoms with Crippen molar-refractivity contribution in [3.63, 3.8) is 0 Å². The van der Waals surface area contributed by atoms with E-state index in [0.29, 0.717) is 0 Å². The Balaban J connectivity index is 2.25. The van der Waals surface area contributed by atoms with E-state index in [1.54, 1.807) is 0 Å². The molecule has 186 valence electrons. The van der Waals surface area contributed by atoms with Crippen LogP contribution in [0.5, 0.6) is 0 Å². The summed E-state index contributed by atoms with van der Waals surface area (Å²) in [4.78, 5) is 24.8. The number of carbonyl (C=O) groups is 1. The van der Waals surface area contributed by atoms with Gasteiger partial charge in [-0.1, -0.05) is 19.1 Å². The second-order valence-electron chi connectivity index (χ2n) is 9.58. The number of amides is 1. The van der Waals surface area contributed by atoms with Crippen LogP contribution in [0.3, 0.4) is 0 Å². The maximum Gasteiger partial charge on any atom is 0.232 e. The molecule has 0 aromatic heterocycles. The summed E-state index contributed by atoms with van der Waals surface area (Å²) in [5.41, 5.74) is 2.34. The van der Waals surface area contributed by atoms with E-state index in [2.05, 4.69) is 45.8 Å². The summed E-state index contributed by atoms with van der Waals surface area (Å²) in [7, 11) is 0. The van der Waals surface area contributed by atoms with Crippen molar-refractivity contribution in [1.29, 1.82) is 0 Å². The van der Waals surface area contributed by atoms with Gasteiger partial charge in [0.15, 0.2) is 0 Å². The highest BCUT2D eigenvalue weighted by atomic mass is 16.2. The molecular weight excluding hydrogens is 410 g/mol. The predicted octanol–water partition coefficient (Wildman–Crippen LogP) is 4.42. The maximum absolute atomic E-state index is 13.3. The van der Waals surface area contributed by atoms with Crippen LogP contribution in [0.4, 0.5) is 0 Å². The molecule has 1 N–H and O–H groups in total. The summed E-state index contributed by atoms with van der Waals surface area (Å²) in [5.74, 6) is 1.13. The minimum Gasteiger partial charge on any atom is -0.362 e. The first-order valence-electron chi connectivity index (χ1n) is 12.9. The topological polar surface area (TPSA) is 51.2 Å². The van der Waals surface area contributed by atoms with Crippen molar-refractivity contribution in [2.75, 3.05) is 52.4 Å². The van der Waals surface area contributed by atoms with Crippen LogP contribution >= 0.6 is 0 Å². The third kappa shape index (κ3) is 7.20. The third-order valence-corrected chi connectivity index (χ3v) is 6.90. The van der Waals surface area contributed by atoms with Crippen LogP contribution < -0.4 is 5.32 Å². The highest BCUT2D eigenvalue weighted by molar-refractivity contribution is 5.89. The molecule has 0 spiro atoms. The van der Waals surface area contributed by atoms with Gasteiger partial charge in [-0.2, -0.15) is 0 Å². The fraction of sp³-hybridized carbons (Fsp3) is 0.704. The SMILES string of the molecule is C=C1NC(=NCC)CN(CCCN2CCCCC2)/C1=C/C(=C\C)C(C)(C)C(=O)N(CC)CC. The number of amidine groups is 1. The fourth-order valence-electron chi connectivity index (χ4n) is 4.86. The fourth-order valence-corrected chi connectivity index (χ4v) is 4.86. The van der Waals surface area contributed by atoms with Crippen molar-refractivity contribution in [2.24, 2.45) is 10.4 Å². The molecule has 0 unspecified atom stereocenters. The number of carbonyl (C=O) groups excluding carboxylic acids is 1. The van der Waals surface area contributed by atoms with Crippen molar-refractivity contribution >= 4 is 11.7 Å². The maximum atomic E-state index is 13.3. The molecule has 0 bridgehead atoms. The van der Waals surface area contributed by atoms with Gasteiger partial charge < -0.3 is 20.0 Å². The summed E-state index contributed by atoms with van der Waals surface area (Å²) in [6.07, 6.45) is 9.36. The first-order chi connectivity index (χ1) is 15.8. The highest BCUT2D eigenvalue weighted by Crippen LogP contribution is 2.32. The number of nitrogens with one attached hydrogen (secondary N) is 1. The van der Waals surface area contributed by atoms with Gasteiger partial charge in [-0.05, 0) is 92.1 Å². The van der Waals surface area contributed by atoms with Gasteiger partial charge in [-0.3, -0.25) is 9.79 Å². The molecule has 2 aliphatic heterocycles. The van der Waals surface area contributed by atoms with Crippen LogP contribution in [-0.4, -0.2) is 78.8 Å². The zero-order valence-electron chi connectivity index (χ0n) is 22.0. The molecule has 2 aliphatic rings. The van der Waals surface area contributed by atoms with Crippen LogP contribution in [0.25, 0.3) is 0 Å². The monoisotopic (exact) mass is 457 g/mol. The molecule has 0 atom stereocenters. The van der Waals surface area contributed by atoms with Gasteiger partial charge in [0.2, 0.25) is 5.91 Å². The Morgan fingerprint density at radius 1 is 1.15 bits per heavy atom. The number of likely N-dealkylation sites (tertiary alicyclic amines) is 1. The molecule has 2 rings (SSSR count). The van der Waals surface area contributed by atoms with Gasteiger partial charge in [-0.15, -0.1) is 0 Å². The van der Waals surface area contributed by atoms with Crippen LogP contribution in [0.15, 0.2) is 40.7 Å². The van der Waals surface area contributed by atoms with Gasteiger partial charge in [0.1, 0.15) is 5.84 Å². The van der Waals surface area contributed by atoms with Crippen molar-refractivity contribution in [3.8, 4) is 0 Å². The first-order valence-corrected chi connectivity index (χ1v) is 12.9. The van der Waals surface area contributed by atoms with E-state index in [-0.39, 0.29) is 5.91 Å². The molecule has 33 heavy (non-hydrogen) atoms. The molecule has 1 amide bonds. The Morgan fingerprint density at radius 2 is 1.82 bits per heavy atom. The second-order valence-corrected chi connectivity index (χ2v) is 9.58. The number of hydrogen-bond donors (Lipinski definition) is 1. The van der Waals surface area contributed by atoms with E-state index >= 15 is 0 Å². The molecular formula is C27H47N5O. The quantitative estimate of drug-likeness (QED) is 0.527. The minimum absolute atomic E-state index is 0.164. The van der Waals surface area contributed by atoms with Crippen LogP contribution in [0.2, 0.25) is 0 Å². The van der Waals surface area contributed by atoms with E-state index in [9.17, 15) is 4.79 Å². The lowest BCUT2D eigenvalue weighted by Crippen LogP contribution is -2.46. The predicted molar refractivity (Wildman–Crippen MR) is 140 cm³/mol. The number of piperazine rings is 1. The number of aliphatic imine (C=N–C) groups is 1. The smallest absolute Gasteiger partial charge is 0.232 e. The standard InChI is InChI=1S/C27H47N5O/c1-8-23(27(6,7)26(33)31(10-3)11-4)20-24-22(5)29-25(28-9-2)21-32(24)19-15-18-30-16-13-12-14-17-30/h8,20H,5,9-19,21H2,1-4,6-7H3,(H,28,29)/b23-8+,24-20+. The van der Waals surface area contributed by atoms with Crippen molar-refractivity contribution in [3.05, 3.63) is 35.7 Å². The Morgan fingerprint density at radius 3 is 2.39 bits per heavy atom. The highest BCUT2D eigenvalue weighted by Gasteiger charge is 2.34. The minimum atomic E-state index is -0.606. The summed E-state index contributed by atoms with van der Waals surface area (Å²) >= 11 is 0. The molecule has 2 fully saturated rings. The Labute approximate surface area is 202 Å². The van der Waals surface area contributed by atoms with Crippen molar-refractivity contribution in [1.82, 2.24) is 20.0 Å². The molecule has 0 radical (unpaired) electrons. The number of piperidine rings is 1. The van der Waals surface area contributed by atoms with E-state index in [1.165, 1.54) is 32.4 Å². The molecule has 0 aromatic carbocycles.